The molecule has 0 spiro atoms. The molecule has 7 nitrogen and oxygen atoms in total. The van der Waals surface area contributed by atoms with Crippen LogP contribution in [0.3, 0.4) is 0 Å². The zero-order chi connectivity index (χ0) is 28.2. The van der Waals surface area contributed by atoms with Crippen molar-refractivity contribution >= 4 is 0 Å². The summed E-state index contributed by atoms with van der Waals surface area (Å²) in [5.74, 6) is -0.858. The van der Waals surface area contributed by atoms with Gasteiger partial charge >= 0.3 is 12.6 Å². The van der Waals surface area contributed by atoms with E-state index in [2.05, 4.69) is 20.3 Å². The van der Waals surface area contributed by atoms with Gasteiger partial charge < -0.3 is 4.42 Å². The highest BCUT2D eigenvalue weighted by Crippen LogP contribution is 2.37. The fraction of sp³-hybridized carbons (Fsp3) is 0.346. The minimum Gasteiger partial charge on any atom is -0.413 e. The number of nitrogens with zero attached hydrogens (tertiary/aromatic N) is 5. The van der Waals surface area contributed by atoms with Crippen molar-refractivity contribution in [1.82, 2.24) is 25.0 Å². The van der Waals surface area contributed by atoms with Crippen molar-refractivity contribution in [2.45, 2.75) is 57.7 Å². The number of aromatic nitrogens is 5. The van der Waals surface area contributed by atoms with E-state index < -0.39 is 47.7 Å². The van der Waals surface area contributed by atoms with Crippen LogP contribution in [-0.4, -0.2) is 25.0 Å². The molecule has 0 amide bonds. The fourth-order valence-electron chi connectivity index (χ4n) is 4.44. The second kappa shape index (κ2) is 11.8. The summed E-state index contributed by atoms with van der Waals surface area (Å²) in [6.45, 7) is 1.43. The molecule has 0 aliphatic heterocycles. The lowest BCUT2D eigenvalue weighted by Crippen LogP contribution is -2.25. The Kier molecular flexibility index (Phi) is 8.46. The van der Waals surface area contributed by atoms with E-state index in [1.165, 1.54) is 25.7 Å². The van der Waals surface area contributed by atoms with Crippen LogP contribution < -0.4 is 5.56 Å². The van der Waals surface area contributed by atoms with E-state index in [0.29, 0.717) is 10.6 Å². The smallest absolute Gasteiger partial charge is 0.413 e. The maximum atomic E-state index is 13.5. The summed E-state index contributed by atoms with van der Waals surface area (Å²) in [5, 5.41) is 10.3. The van der Waals surface area contributed by atoms with Crippen LogP contribution in [0, 0.1) is 12.7 Å². The zero-order valence-electron chi connectivity index (χ0n) is 20.6. The van der Waals surface area contributed by atoms with E-state index in [1.54, 1.807) is 12.1 Å². The Labute approximate surface area is 218 Å². The van der Waals surface area contributed by atoms with Crippen molar-refractivity contribution in [3.8, 4) is 11.6 Å². The molecular weight excluding hydrogens is 528 g/mol. The number of pyridine rings is 1. The average molecular weight is 551 g/mol. The van der Waals surface area contributed by atoms with Gasteiger partial charge in [-0.05, 0) is 61.1 Å². The van der Waals surface area contributed by atoms with E-state index >= 15 is 0 Å². The summed E-state index contributed by atoms with van der Waals surface area (Å²) >= 11 is 0. The lowest BCUT2D eigenvalue weighted by Gasteiger charge is -2.13. The highest BCUT2D eigenvalue weighted by molar-refractivity contribution is 5.44. The van der Waals surface area contributed by atoms with Crippen LogP contribution in [0.1, 0.15) is 66.3 Å². The van der Waals surface area contributed by atoms with E-state index in [4.69, 9.17) is 4.42 Å². The number of hydrogen-bond donors (Lipinski definition) is 0. The molecule has 3 heterocycles. The van der Waals surface area contributed by atoms with Gasteiger partial charge in [0.1, 0.15) is 11.5 Å². The molecule has 0 unspecified atom stereocenters. The van der Waals surface area contributed by atoms with Gasteiger partial charge in [0, 0.05) is 12.3 Å². The molecule has 39 heavy (non-hydrogen) atoms. The molecule has 1 aliphatic rings. The SMILES string of the molecule is Cc1cccc(F)c1C1CCCC1.O=c1ccc(-c2nnc(C(F)F)o2)nn1Cc1ncccc1C(F)(F)F. The first kappa shape index (κ1) is 28.0. The molecule has 1 aromatic carbocycles. The van der Waals surface area contributed by atoms with Gasteiger partial charge in [0.15, 0.2) is 0 Å². The Bertz CT molecular complexity index is 1460. The predicted molar refractivity (Wildman–Crippen MR) is 127 cm³/mol. The predicted octanol–water partition coefficient (Wildman–Crippen LogP) is 6.48. The Morgan fingerprint density at radius 3 is 2.44 bits per heavy atom. The highest BCUT2D eigenvalue weighted by Gasteiger charge is 2.34. The number of rotatable bonds is 5. The number of hydrogen-bond acceptors (Lipinski definition) is 6. The monoisotopic (exact) mass is 551 g/mol. The van der Waals surface area contributed by atoms with Gasteiger partial charge in [-0.2, -0.15) is 27.1 Å². The lowest BCUT2D eigenvalue weighted by molar-refractivity contribution is -0.138. The third-order valence-electron chi connectivity index (χ3n) is 6.24. The Hall–Kier alpha value is -4.03. The Balaban J connectivity index is 0.000000226. The largest absolute Gasteiger partial charge is 0.418 e. The molecule has 3 aromatic heterocycles. The van der Waals surface area contributed by atoms with Gasteiger partial charge in [-0.15, -0.1) is 10.2 Å². The molecule has 0 N–H and O–H groups in total. The molecular formula is C26H23F6N5O2. The number of aryl methyl sites for hydroxylation is 1. The van der Waals surface area contributed by atoms with E-state index in [9.17, 15) is 31.1 Å². The van der Waals surface area contributed by atoms with Crippen molar-refractivity contribution in [3.05, 3.63) is 93.1 Å². The van der Waals surface area contributed by atoms with Crippen molar-refractivity contribution in [2.24, 2.45) is 0 Å². The van der Waals surface area contributed by atoms with E-state index in [1.807, 2.05) is 13.0 Å². The molecule has 0 atom stereocenters. The minimum atomic E-state index is -4.66. The summed E-state index contributed by atoms with van der Waals surface area (Å²) in [4.78, 5) is 15.5. The van der Waals surface area contributed by atoms with Crippen LogP contribution in [-0.2, 0) is 12.7 Å². The first-order valence-corrected chi connectivity index (χ1v) is 12.0. The molecule has 5 rings (SSSR count). The van der Waals surface area contributed by atoms with Crippen LogP contribution in [0.4, 0.5) is 26.3 Å². The summed E-state index contributed by atoms with van der Waals surface area (Å²) in [5.41, 5.74) is -0.219. The maximum Gasteiger partial charge on any atom is 0.418 e. The summed E-state index contributed by atoms with van der Waals surface area (Å²) < 4.78 is 83.0. The van der Waals surface area contributed by atoms with Crippen molar-refractivity contribution in [3.63, 3.8) is 0 Å². The summed E-state index contributed by atoms with van der Waals surface area (Å²) in [7, 11) is 0. The topological polar surface area (TPSA) is 86.7 Å². The fourth-order valence-corrected chi connectivity index (χ4v) is 4.44. The maximum absolute atomic E-state index is 13.5. The van der Waals surface area contributed by atoms with Crippen LogP contribution in [0.25, 0.3) is 11.6 Å². The minimum absolute atomic E-state index is 0.00750. The Morgan fingerprint density at radius 1 is 1.05 bits per heavy atom. The first-order chi connectivity index (χ1) is 18.5. The lowest BCUT2D eigenvalue weighted by atomic mass is 9.93. The second-order valence-electron chi connectivity index (χ2n) is 8.91. The van der Waals surface area contributed by atoms with Gasteiger partial charge in [0.2, 0.25) is 0 Å². The molecule has 1 fully saturated rings. The molecule has 0 bridgehead atoms. The van der Waals surface area contributed by atoms with Crippen LogP contribution in [0.15, 0.2) is 57.9 Å². The summed E-state index contributed by atoms with van der Waals surface area (Å²) in [6, 6.07) is 9.45. The molecule has 13 heteroatoms. The van der Waals surface area contributed by atoms with Crippen molar-refractivity contribution < 1.29 is 30.8 Å². The molecule has 1 aliphatic carbocycles. The van der Waals surface area contributed by atoms with Gasteiger partial charge in [-0.3, -0.25) is 9.78 Å². The molecule has 206 valence electrons. The van der Waals surface area contributed by atoms with Gasteiger partial charge in [-0.1, -0.05) is 25.0 Å². The van der Waals surface area contributed by atoms with Crippen LogP contribution in [0.2, 0.25) is 0 Å². The zero-order valence-corrected chi connectivity index (χ0v) is 20.6. The van der Waals surface area contributed by atoms with Crippen LogP contribution in [0.5, 0.6) is 0 Å². The van der Waals surface area contributed by atoms with Crippen molar-refractivity contribution in [2.75, 3.05) is 0 Å². The molecule has 0 saturated heterocycles. The first-order valence-electron chi connectivity index (χ1n) is 12.0. The Morgan fingerprint density at radius 2 is 1.79 bits per heavy atom. The molecule has 1 saturated carbocycles. The number of halogens is 6. The third kappa shape index (κ3) is 6.70. The quantitative estimate of drug-likeness (QED) is 0.264. The standard InChI is InChI=1S/C14H8F5N5O2.C12H15F/c15-11(16)13-22-21-12(26-13)8-3-4-10(25)24(23-8)6-9-7(14(17,18)19)2-1-5-20-9;1-9-5-4-8-11(13)12(9)10-6-2-3-7-10/h1-5,11H,6H2;4-5,8,10H,2-3,6-7H2,1H3. The van der Waals surface area contributed by atoms with E-state index in [-0.39, 0.29) is 11.5 Å². The van der Waals surface area contributed by atoms with Gasteiger partial charge in [-0.25, -0.2) is 9.07 Å². The van der Waals surface area contributed by atoms with Gasteiger partial charge in [0.25, 0.3) is 17.3 Å². The van der Waals surface area contributed by atoms with Crippen molar-refractivity contribution in [1.29, 1.82) is 0 Å². The second-order valence-corrected chi connectivity index (χ2v) is 8.91. The molecule has 4 aromatic rings. The number of alkyl halides is 5. The molecule has 0 radical (unpaired) electrons. The van der Waals surface area contributed by atoms with Gasteiger partial charge in [0.05, 0.1) is 17.8 Å². The van der Waals surface area contributed by atoms with E-state index in [0.717, 1.165) is 41.6 Å². The third-order valence-corrected chi connectivity index (χ3v) is 6.24. The number of benzene rings is 1. The normalized spacial score (nSPS) is 13.9. The average Bonchev–Trinajstić information content (AvgIpc) is 3.59. The highest BCUT2D eigenvalue weighted by atomic mass is 19.4. The summed E-state index contributed by atoms with van der Waals surface area (Å²) in [6.07, 6.45) is -1.65. The van der Waals surface area contributed by atoms with Crippen LogP contribution >= 0.6 is 0 Å².